The summed E-state index contributed by atoms with van der Waals surface area (Å²) in [6.45, 7) is 2.73. The first-order chi connectivity index (χ1) is 12.7. The normalized spacial score (nSPS) is 16.6. The van der Waals surface area contributed by atoms with Gasteiger partial charge in [0.05, 0.1) is 12.8 Å². The minimum Gasteiger partial charge on any atom is -0.497 e. The molecule has 0 aliphatic carbocycles. The van der Waals surface area contributed by atoms with E-state index in [-0.39, 0.29) is 24.0 Å². The summed E-state index contributed by atoms with van der Waals surface area (Å²) in [4.78, 5) is 6.76. The van der Waals surface area contributed by atoms with Gasteiger partial charge >= 0.3 is 0 Å². The van der Waals surface area contributed by atoms with Crippen LogP contribution in [0.2, 0.25) is 0 Å². The zero-order chi connectivity index (χ0) is 18.4. The van der Waals surface area contributed by atoms with Crippen LogP contribution >= 0.6 is 39.9 Å². The first-order valence-corrected chi connectivity index (χ1v) is 9.58. The molecule has 5 nitrogen and oxygen atoms in total. The maximum Gasteiger partial charge on any atom is 0.191 e. The summed E-state index contributed by atoms with van der Waals surface area (Å²) in [5.74, 6) is 1.70. The smallest absolute Gasteiger partial charge is 0.191 e. The number of halogens is 2. The third kappa shape index (κ3) is 6.00. The number of benzene rings is 2. The standard InChI is InChI=1S/C20H25BrN4O.HI/c1-22-20(23-13-15-7-9-17(26-2)10-8-15)24-16-11-12-25(14-16)19-6-4-3-5-18(19)21;/h3-10,16H,11-14H2,1-2H3,(H2,22,23,24);1H. The summed E-state index contributed by atoms with van der Waals surface area (Å²) in [6, 6.07) is 16.8. The van der Waals surface area contributed by atoms with Crippen molar-refractivity contribution in [2.45, 2.75) is 19.0 Å². The number of para-hydroxylation sites is 1. The maximum absolute atomic E-state index is 5.20. The molecule has 0 aromatic heterocycles. The molecule has 0 radical (unpaired) electrons. The second-order valence-electron chi connectivity index (χ2n) is 6.30. The molecule has 1 atom stereocenters. The monoisotopic (exact) mass is 544 g/mol. The van der Waals surface area contributed by atoms with Crippen LogP contribution < -0.4 is 20.3 Å². The fourth-order valence-electron chi connectivity index (χ4n) is 3.12. The molecule has 1 heterocycles. The van der Waals surface area contributed by atoms with Gasteiger partial charge in [-0.2, -0.15) is 0 Å². The maximum atomic E-state index is 5.20. The second kappa shape index (κ2) is 10.8. The van der Waals surface area contributed by atoms with Gasteiger partial charge in [0, 0.05) is 37.2 Å². The Bertz CT molecular complexity index is 754. The van der Waals surface area contributed by atoms with Crippen molar-refractivity contribution in [3.63, 3.8) is 0 Å². The van der Waals surface area contributed by atoms with Crippen LogP contribution in [-0.2, 0) is 6.54 Å². The molecule has 7 heteroatoms. The molecule has 1 saturated heterocycles. The van der Waals surface area contributed by atoms with Crippen molar-refractivity contribution in [3.05, 3.63) is 58.6 Å². The fourth-order valence-corrected chi connectivity index (χ4v) is 3.66. The van der Waals surface area contributed by atoms with Gasteiger partial charge < -0.3 is 20.3 Å². The molecule has 0 amide bonds. The minimum atomic E-state index is 0. The molecular weight excluding hydrogens is 519 g/mol. The van der Waals surface area contributed by atoms with Crippen LogP contribution in [0.4, 0.5) is 5.69 Å². The average molecular weight is 545 g/mol. The Morgan fingerprint density at radius 1 is 1.22 bits per heavy atom. The lowest BCUT2D eigenvalue weighted by molar-refractivity contribution is 0.414. The number of ether oxygens (including phenoxy) is 1. The number of rotatable bonds is 5. The van der Waals surface area contributed by atoms with Gasteiger partial charge in [-0.15, -0.1) is 24.0 Å². The topological polar surface area (TPSA) is 48.9 Å². The van der Waals surface area contributed by atoms with Crippen LogP contribution in [0.1, 0.15) is 12.0 Å². The van der Waals surface area contributed by atoms with E-state index in [4.69, 9.17) is 4.74 Å². The predicted octanol–water partition coefficient (Wildman–Crippen LogP) is 4.02. The van der Waals surface area contributed by atoms with Gasteiger partial charge in [-0.25, -0.2) is 0 Å². The Hall–Kier alpha value is -1.48. The van der Waals surface area contributed by atoms with Crippen molar-refractivity contribution in [2.75, 3.05) is 32.1 Å². The highest BCUT2D eigenvalue weighted by molar-refractivity contribution is 14.0. The Kier molecular flexibility index (Phi) is 8.69. The zero-order valence-electron chi connectivity index (χ0n) is 15.6. The van der Waals surface area contributed by atoms with Crippen molar-refractivity contribution in [2.24, 2.45) is 4.99 Å². The SMILES string of the molecule is CN=C(NCc1ccc(OC)cc1)NC1CCN(c2ccccc2Br)C1.I. The minimum absolute atomic E-state index is 0. The fraction of sp³-hybridized carbons (Fsp3) is 0.350. The van der Waals surface area contributed by atoms with Gasteiger partial charge in [-0.1, -0.05) is 24.3 Å². The molecule has 1 fully saturated rings. The van der Waals surface area contributed by atoms with E-state index in [0.29, 0.717) is 6.04 Å². The molecular formula is C20H26BrIN4O. The molecule has 3 rings (SSSR count). The van der Waals surface area contributed by atoms with E-state index >= 15 is 0 Å². The number of hydrogen-bond acceptors (Lipinski definition) is 3. The Balaban J connectivity index is 0.00000261. The van der Waals surface area contributed by atoms with Crippen LogP contribution in [0, 0.1) is 0 Å². The number of methoxy groups -OCH3 is 1. The van der Waals surface area contributed by atoms with E-state index in [0.717, 1.165) is 42.2 Å². The molecule has 0 spiro atoms. The first kappa shape index (κ1) is 21.8. The van der Waals surface area contributed by atoms with E-state index in [9.17, 15) is 0 Å². The Morgan fingerprint density at radius 3 is 2.63 bits per heavy atom. The van der Waals surface area contributed by atoms with Crippen molar-refractivity contribution >= 4 is 51.6 Å². The van der Waals surface area contributed by atoms with Gasteiger partial charge in [0.2, 0.25) is 0 Å². The quantitative estimate of drug-likeness (QED) is 0.339. The second-order valence-corrected chi connectivity index (χ2v) is 7.16. The number of guanidine groups is 1. The molecule has 0 saturated carbocycles. The number of aliphatic imine (C=N–C) groups is 1. The third-order valence-corrected chi connectivity index (χ3v) is 5.24. The summed E-state index contributed by atoms with van der Waals surface area (Å²) in [6.07, 6.45) is 1.09. The van der Waals surface area contributed by atoms with Gasteiger partial charge in [0.1, 0.15) is 5.75 Å². The summed E-state index contributed by atoms with van der Waals surface area (Å²) in [7, 11) is 3.49. The van der Waals surface area contributed by atoms with Crippen LogP contribution in [0.25, 0.3) is 0 Å². The first-order valence-electron chi connectivity index (χ1n) is 8.79. The molecule has 1 aliphatic heterocycles. The van der Waals surface area contributed by atoms with Crippen molar-refractivity contribution < 1.29 is 4.74 Å². The highest BCUT2D eigenvalue weighted by Crippen LogP contribution is 2.28. The lowest BCUT2D eigenvalue weighted by Gasteiger charge is -2.21. The molecule has 0 bridgehead atoms. The summed E-state index contributed by atoms with van der Waals surface area (Å²) >= 11 is 3.64. The van der Waals surface area contributed by atoms with Crippen molar-refractivity contribution in [1.82, 2.24) is 10.6 Å². The molecule has 2 N–H and O–H groups in total. The average Bonchev–Trinajstić information content (AvgIpc) is 3.14. The Labute approximate surface area is 186 Å². The molecule has 1 aliphatic rings. The molecule has 27 heavy (non-hydrogen) atoms. The summed E-state index contributed by atoms with van der Waals surface area (Å²) in [5.41, 5.74) is 2.44. The number of nitrogens with one attached hydrogen (secondary N) is 2. The lowest BCUT2D eigenvalue weighted by atomic mass is 10.2. The van der Waals surface area contributed by atoms with E-state index in [2.05, 4.69) is 66.8 Å². The Morgan fingerprint density at radius 2 is 1.96 bits per heavy atom. The molecule has 146 valence electrons. The highest BCUT2D eigenvalue weighted by Gasteiger charge is 2.24. The number of anilines is 1. The highest BCUT2D eigenvalue weighted by atomic mass is 127. The van der Waals surface area contributed by atoms with E-state index in [1.165, 1.54) is 11.3 Å². The zero-order valence-corrected chi connectivity index (χ0v) is 19.5. The summed E-state index contributed by atoms with van der Waals surface area (Å²) < 4.78 is 6.34. The molecule has 2 aromatic rings. The molecule has 2 aromatic carbocycles. The number of hydrogen-bond donors (Lipinski definition) is 2. The van der Waals surface area contributed by atoms with Crippen molar-refractivity contribution in [1.29, 1.82) is 0 Å². The van der Waals surface area contributed by atoms with E-state index < -0.39 is 0 Å². The van der Waals surface area contributed by atoms with Gasteiger partial charge in [0.15, 0.2) is 5.96 Å². The lowest BCUT2D eigenvalue weighted by Crippen LogP contribution is -2.44. The van der Waals surface area contributed by atoms with Crippen LogP contribution in [0.15, 0.2) is 58.0 Å². The van der Waals surface area contributed by atoms with E-state index in [1.54, 1.807) is 7.11 Å². The van der Waals surface area contributed by atoms with Gasteiger partial charge in [-0.05, 0) is 52.2 Å². The van der Waals surface area contributed by atoms with Gasteiger partial charge in [0.25, 0.3) is 0 Å². The predicted molar refractivity (Wildman–Crippen MR) is 127 cm³/mol. The van der Waals surface area contributed by atoms with Gasteiger partial charge in [-0.3, -0.25) is 4.99 Å². The third-order valence-electron chi connectivity index (χ3n) is 4.56. The van der Waals surface area contributed by atoms with Crippen molar-refractivity contribution in [3.8, 4) is 5.75 Å². The summed E-state index contributed by atoms with van der Waals surface area (Å²) in [5, 5.41) is 6.92. The van der Waals surface area contributed by atoms with Crippen LogP contribution in [0.5, 0.6) is 5.75 Å². The van der Waals surface area contributed by atoms with Crippen LogP contribution in [0.3, 0.4) is 0 Å². The van der Waals surface area contributed by atoms with E-state index in [1.807, 2.05) is 25.2 Å². The number of nitrogens with zero attached hydrogens (tertiary/aromatic N) is 2. The molecule has 1 unspecified atom stereocenters. The largest absolute Gasteiger partial charge is 0.497 e. The van der Waals surface area contributed by atoms with Crippen LogP contribution in [-0.4, -0.2) is 39.2 Å².